The number of nitrogens with two attached hydrogens (primary N) is 2. The summed E-state index contributed by atoms with van der Waals surface area (Å²) in [5, 5.41) is 16.7. The number of rotatable bonds is 5. The van der Waals surface area contributed by atoms with Crippen molar-refractivity contribution in [1.82, 2.24) is 3.97 Å². The molecule has 0 aliphatic carbocycles. The van der Waals surface area contributed by atoms with E-state index in [2.05, 4.69) is 5.32 Å². The first-order chi connectivity index (χ1) is 11.9. The second-order valence-electron chi connectivity index (χ2n) is 5.93. The Labute approximate surface area is 145 Å². The van der Waals surface area contributed by atoms with E-state index in [9.17, 15) is 18.3 Å². The van der Waals surface area contributed by atoms with Gasteiger partial charge in [-0.1, -0.05) is 12.1 Å². The van der Waals surface area contributed by atoms with E-state index in [-0.39, 0.29) is 17.4 Å². The molecule has 0 spiro atoms. The third-order valence-corrected chi connectivity index (χ3v) is 5.04. The van der Waals surface area contributed by atoms with Crippen LogP contribution >= 0.6 is 0 Å². The molecule has 1 aromatic carbocycles. The van der Waals surface area contributed by atoms with Gasteiger partial charge in [-0.3, -0.25) is 0 Å². The number of hydrogen-bond donors (Lipinski definition) is 3. The van der Waals surface area contributed by atoms with Crippen LogP contribution in [0.3, 0.4) is 0 Å². The first-order valence-corrected chi connectivity index (χ1v) is 9.43. The number of quaternary nitrogens is 1. The van der Waals surface area contributed by atoms with Gasteiger partial charge in [0.2, 0.25) is 0 Å². The van der Waals surface area contributed by atoms with E-state index in [0.717, 1.165) is 32.1 Å². The van der Waals surface area contributed by atoms with Crippen LogP contribution in [0.2, 0.25) is 0 Å². The molecular formula is C16H20N3O5S+. The zero-order valence-electron chi connectivity index (χ0n) is 13.5. The lowest BCUT2D eigenvalue weighted by Gasteiger charge is -2.21. The minimum atomic E-state index is -4.18. The van der Waals surface area contributed by atoms with Crippen molar-refractivity contribution in [1.29, 1.82) is 0 Å². The Balaban J connectivity index is 1.87. The summed E-state index contributed by atoms with van der Waals surface area (Å²) >= 11 is 0. The highest BCUT2D eigenvalue weighted by Crippen LogP contribution is 2.28. The number of carboxylic acid groups (broad SMARTS) is 1. The molecule has 0 atom stereocenters. The van der Waals surface area contributed by atoms with E-state index in [1.807, 2.05) is 0 Å². The molecule has 3 rings (SSSR count). The lowest BCUT2D eigenvalue weighted by atomic mass is 10.1. The van der Waals surface area contributed by atoms with E-state index >= 15 is 0 Å². The van der Waals surface area contributed by atoms with Crippen LogP contribution < -0.4 is 15.2 Å². The number of aromatic nitrogens is 1. The number of hydrogen-bond acceptors (Lipinski definition) is 4. The first-order valence-electron chi connectivity index (χ1n) is 7.93. The molecule has 9 heteroatoms. The SMILES string of the molecule is NS(=O)(=O)n1ccc(-c2ccc(OC3CC[NH2+]CC3)cc2)c1C(=O)O. The minimum absolute atomic E-state index is 0.189. The molecule has 25 heavy (non-hydrogen) atoms. The van der Waals surface area contributed by atoms with Gasteiger partial charge in [-0.05, 0) is 23.8 Å². The highest BCUT2D eigenvalue weighted by atomic mass is 32.2. The van der Waals surface area contributed by atoms with Gasteiger partial charge in [0, 0.05) is 24.6 Å². The second kappa shape index (κ2) is 6.87. The topological polar surface area (TPSA) is 128 Å². The van der Waals surface area contributed by atoms with Crippen molar-refractivity contribution in [2.75, 3.05) is 13.1 Å². The number of ether oxygens (including phenoxy) is 1. The van der Waals surface area contributed by atoms with Crippen LogP contribution in [0.1, 0.15) is 23.3 Å². The van der Waals surface area contributed by atoms with Crippen LogP contribution in [0, 0.1) is 0 Å². The number of piperidine rings is 1. The Hall–Kier alpha value is -2.36. The molecule has 0 saturated carbocycles. The molecule has 1 aliphatic rings. The first kappa shape index (κ1) is 17.5. The molecule has 2 heterocycles. The lowest BCUT2D eigenvalue weighted by Crippen LogP contribution is -2.86. The maximum atomic E-state index is 11.5. The summed E-state index contributed by atoms with van der Waals surface area (Å²) in [5.41, 5.74) is 0.462. The van der Waals surface area contributed by atoms with Crippen molar-refractivity contribution in [3.63, 3.8) is 0 Å². The zero-order chi connectivity index (χ0) is 18.0. The largest absolute Gasteiger partial charge is 0.490 e. The highest BCUT2D eigenvalue weighted by molar-refractivity contribution is 7.87. The average molecular weight is 366 g/mol. The summed E-state index contributed by atoms with van der Waals surface area (Å²) in [6.07, 6.45) is 3.30. The van der Waals surface area contributed by atoms with Gasteiger partial charge in [0.25, 0.3) is 0 Å². The number of carbonyl (C=O) groups is 1. The van der Waals surface area contributed by atoms with Crippen LogP contribution in [-0.4, -0.2) is 42.7 Å². The average Bonchev–Trinajstić information content (AvgIpc) is 3.02. The monoisotopic (exact) mass is 366 g/mol. The Morgan fingerprint density at radius 2 is 1.84 bits per heavy atom. The smallest absolute Gasteiger partial charge is 0.354 e. The van der Waals surface area contributed by atoms with Crippen LogP contribution in [0.5, 0.6) is 5.75 Å². The minimum Gasteiger partial charge on any atom is -0.490 e. The van der Waals surface area contributed by atoms with Crippen molar-refractivity contribution >= 4 is 16.2 Å². The maximum Gasteiger partial charge on any atom is 0.354 e. The summed E-state index contributed by atoms with van der Waals surface area (Å²) in [4.78, 5) is 11.5. The molecule has 1 aliphatic heterocycles. The van der Waals surface area contributed by atoms with Gasteiger partial charge < -0.3 is 15.2 Å². The van der Waals surface area contributed by atoms with E-state index in [1.54, 1.807) is 24.3 Å². The van der Waals surface area contributed by atoms with E-state index in [1.165, 1.54) is 6.07 Å². The van der Waals surface area contributed by atoms with Gasteiger partial charge in [0.05, 0.1) is 13.1 Å². The Morgan fingerprint density at radius 3 is 2.40 bits per heavy atom. The van der Waals surface area contributed by atoms with Gasteiger partial charge >= 0.3 is 16.2 Å². The lowest BCUT2D eigenvalue weighted by molar-refractivity contribution is -0.664. The van der Waals surface area contributed by atoms with Crippen molar-refractivity contribution in [2.24, 2.45) is 5.14 Å². The molecule has 1 aromatic heterocycles. The molecule has 8 nitrogen and oxygen atoms in total. The van der Waals surface area contributed by atoms with E-state index < -0.39 is 16.2 Å². The fourth-order valence-electron chi connectivity index (χ4n) is 2.99. The number of nitrogens with zero attached hydrogens (tertiary/aromatic N) is 1. The predicted octanol–water partition coefficient (Wildman–Crippen LogP) is 0.00950. The fraction of sp³-hybridized carbons (Fsp3) is 0.312. The van der Waals surface area contributed by atoms with Crippen LogP contribution in [-0.2, 0) is 10.2 Å². The Morgan fingerprint density at radius 1 is 1.20 bits per heavy atom. The molecule has 0 radical (unpaired) electrons. The molecule has 5 N–H and O–H groups in total. The molecular weight excluding hydrogens is 346 g/mol. The van der Waals surface area contributed by atoms with Crippen molar-refractivity contribution in [2.45, 2.75) is 18.9 Å². The summed E-state index contributed by atoms with van der Waals surface area (Å²) in [7, 11) is -4.18. The highest BCUT2D eigenvalue weighted by Gasteiger charge is 2.23. The number of carboxylic acids is 1. The third-order valence-electron chi connectivity index (χ3n) is 4.18. The van der Waals surface area contributed by atoms with Gasteiger partial charge in [-0.25, -0.2) is 13.9 Å². The van der Waals surface area contributed by atoms with Crippen molar-refractivity contribution < 1.29 is 28.4 Å². The van der Waals surface area contributed by atoms with E-state index in [4.69, 9.17) is 9.88 Å². The molecule has 0 bridgehead atoms. The number of benzene rings is 1. The summed E-state index contributed by atoms with van der Waals surface area (Å²) < 4.78 is 29.6. The molecule has 0 unspecified atom stereocenters. The quantitative estimate of drug-likeness (QED) is 0.687. The Bertz CT molecular complexity index is 868. The van der Waals surface area contributed by atoms with Crippen molar-refractivity contribution in [3.05, 3.63) is 42.2 Å². The molecule has 1 fully saturated rings. The van der Waals surface area contributed by atoms with Gasteiger partial charge in [0.1, 0.15) is 11.9 Å². The van der Waals surface area contributed by atoms with Crippen molar-refractivity contribution in [3.8, 4) is 16.9 Å². The summed E-state index contributed by atoms with van der Waals surface area (Å²) in [6.45, 7) is 2.09. The van der Waals surface area contributed by atoms with Gasteiger partial charge in [-0.2, -0.15) is 8.42 Å². The fourth-order valence-corrected chi connectivity index (χ4v) is 3.65. The predicted molar refractivity (Wildman–Crippen MR) is 90.6 cm³/mol. The zero-order valence-corrected chi connectivity index (χ0v) is 14.3. The summed E-state index contributed by atoms with van der Waals surface area (Å²) in [5.74, 6) is -0.661. The standard InChI is InChI=1S/C16H19N3O5S/c17-25(22,23)19-10-7-14(15(19)16(20)21)11-1-3-12(4-2-11)24-13-5-8-18-9-6-13/h1-4,7,10,13,18H,5-6,8-9H2,(H,20,21)(H2,17,22,23)/p+1. The second-order valence-corrected chi connectivity index (χ2v) is 7.35. The molecule has 2 aromatic rings. The number of aromatic carboxylic acids is 1. The summed E-state index contributed by atoms with van der Waals surface area (Å²) in [6, 6.07) is 8.35. The maximum absolute atomic E-state index is 11.5. The van der Waals surface area contributed by atoms with Gasteiger partial charge in [0.15, 0.2) is 5.69 Å². The normalized spacial score (nSPS) is 15.9. The molecule has 0 amide bonds. The van der Waals surface area contributed by atoms with Crippen LogP contribution in [0.25, 0.3) is 11.1 Å². The Kier molecular flexibility index (Phi) is 4.80. The third kappa shape index (κ3) is 3.84. The molecule has 1 saturated heterocycles. The molecule has 134 valence electrons. The van der Waals surface area contributed by atoms with E-state index in [0.29, 0.717) is 15.3 Å². The van der Waals surface area contributed by atoms with Gasteiger partial charge in [-0.15, -0.1) is 0 Å². The van der Waals surface area contributed by atoms with Crippen LogP contribution in [0.4, 0.5) is 0 Å². The van der Waals surface area contributed by atoms with Crippen LogP contribution in [0.15, 0.2) is 36.5 Å².